The van der Waals surface area contributed by atoms with Crippen molar-refractivity contribution in [1.82, 2.24) is 9.62 Å². The summed E-state index contributed by atoms with van der Waals surface area (Å²) in [6.45, 7) is 2.22. The van der Waals surface area contributed by atoms with Crippen molar-refractivity contribution in [3.05, 3.63) is 53.8 Å². The number of sulfonamides is 1. The van der Waals surface area contributed by atoms with Gasteiger partial charge in [0.25, 0.3) is 5.91 Å². The molecule has 1 fully saturated rings. The van der Waals surface area contributed by atoms with Crippen LogP contribution >= 0.6 is 0 Å². The Labute approximate surface area is 185 Å². The lowest BCUT2D eigenvalue weighted by atomic mass is 9.99. The number of anilines is 1. The predicted octanol–water partition coefficient (Wildman–Crippen LogP) is 2.26. The molecule has 8 nitrogen and oxygen atoms in total. The van der Waals surface area contributed by atoms with Gasteiger partial charge >= 0.3 is 0 Å². The highest BCUT2D eigenvalue weighted by molar-refractivity contribution is 7.89. The number of ether oxygens (including phenoxy) is 1. The SMILES string of the molecule is C[C@@H]1Oc2ccc(S(=O)(=O)N3CCC[C@@H](C(=O)NCc4ccc(F)cc4)C3)cc2NC1=O. The Balaban J connectivity index is 1.44. The minimum Gasteiger partial charge on any atom is -0.479 e. The lowest BCUT2D eigenvalue weighted by molar-refractivity contribution is -0.126. The molecule has 2 aromatic carbocycles. The van der Waals surface area contributed by atoms with E-state index in [4.69, 9.17) is 4.74 Å². The Morgan fingerprint density at radius 3 is 2.75 bits per heavy atom. The van der Waals surface area contributed by atoms with Crippen molar-refractivity contribution < 1.29 is 27.1 Å². The fraction of sp³-hybridized carbons (Fsp3) is 0.364. The van der Waals surface area contributed by atoms with E-state index in [1.54, 1.807) is 19.1 Å². The number of benzene rings is 2. The third kappa shape index (κ3) is 4.61. The molecule has 170 valence electrons. The molecule has 0 aliphatic carbocycles. The zero-order valence-corrected chi connectivity index (χ0v) is 18.3. The van der Waals surface area contributed by atoms with Crippen molar-refractivity contribution >= 4 is 27.5 Å². The van der Waals surface area contributed by atoms with E-state index in [0.29, 0.717) is 30.8 Å². The summed E-state index contributed by atoms with van der Waals surface area (Å²) in [6.07, 6.45) is 0.477. The maximum Gasteiger partial charge on any atom is 0.265 e. The zero-order valence-electron chi connectivity index (χ0n) is 17.5. The molecule has 4 rings (SSSR count). The highest BCUT2D eigenvalue weighted by Crippen LogP contribution is 2.33. The monoisotopic (exact) mass is 461 g/mol. The first kappa shape index (κ1) is 22.2. The fourth-order valence-electron chi connectivity index (χ4n) is 3.81. The van der Waals surface area contributed by atoms with Gasteiger partial charge in [-0.3, -0.25) is 9.59 Å². The van der Waals surface area contributed by atoms with Gasteiger partial charge in [-0.1, -0.05) is 12.1 Å². The summed E-state index contributed by atoms with van der Waals surface area (Å²) < 4.78 is 46.2. The summed E-state index contributed by atoms with van der Waals surface area (Å²) in [5.74, 6) is -1.01. The minimum atomic E-state index is -3.86. The van der Waals surface area contributed by atoms with Crippen LogP contribution in [0.25, 0.3) is 0 Å². The molecular formula is C22H24FN3O5S. The maximum absolute atomic E-state index is 13.2. The van der Waals surface area contributed by atoms with Crippen molar-refractivity contribution in [1.29, 1.82) is 0 Å². The molecule has 1 saturated heterocycles. The zero-order chi connectivity index (χ0) is 22.9. The van der Waals surface area contributed by atoms with E-state index in [0.717, 1.165) is 5.56 Å². The molecule has 2 atom stereocenters. The first-order chi connectivity index (χ1) is 15.2. The van der Waals surface area contributed by atoms with E-state index in [2.05, 4.69) is 10.6 Å². The van der Waals surface area contributed by atoms with E-state index in [1.807, 2.05) is 0 Å². The van der Waals surface area contributed by atoms with Crippen molar-refractivity contribution in [3.8, 4) is 5.75 Å². The van der Waals surface area contributed by atoms with Gasteiger partial charge in [-0.2, -0.15) is 4.31 Å². The van der Waals surface area contributed by atoms with Gasteiger partial charge in [0.15, 0.2) is 6.10 Å². The van der Waals surface area contributed by atoms with Crippen LogP contribution in [0.1, 0.15) is 25.3 Å². The molecule has 0 unspecified atom stereocenters. The van der Waals surface area contributed by atoms with E-state index < -0.39 is 22.0 Å². The molecule has 2 heterocycles. The molecule has 2 amide bonds. The molecule has 2 aliphatic rings. The lowest BCUT2D eigenvalue weighted by Gasteiger charge is -2.31. The number of rotatable bonds is 5. The summed E-state index contributed by atoms with van der Waals surface area (Å²) in [5.41, 5.74) is 1.06. The number of carbonyl (C=O) groups excluding carboxylic acids is 2. The van der Waals surface area contributed by atoms with E-state index in [1.165, 1.54) is 34.6 Å². The molecule has 32 heavy (non-hydrogen) atoms. The van der Waals surface area contributed by atoms with Gasteiger partial charge in [0.05, 0.1) is 16.5 Å². The second-order valence-electron chi connectivity index (χ2n) is 7.95. The standard InChI is InChI=1S/C22H24FN3O5S/c1-14-21(27)25-19-11-18(8-9-20(19)31-14)32(29,30)26-10-2-3-16(13-26)22(28)24-12-15-4-6-17(23)7-5-15/h4-9,11,14,16H,2-3,10,12-13H2,1H3,(H,24,28)(H,25,27)/t14-,16+/m0/s1. The Bertz CT molecular complexity index is 1140. The van der Waals surface area contributed by atoms with E-state index in [-0.39, 0.29) is 35.6 Å². The molecule has 2 aromatic rings. The molecule has 0 spiro atoms. The van der Waals surface area contributed by atoms with Gasteiger partial charge in [0.1, 0.15) is 11.6 Å². The molecule has 0 aromatic heterocycles. The summed E-state index contributed by atoms with van der Waals surface area (Å²) >= 11 is 0. The average Bonchev–Trinajstić information content (AvgIpc) is 2.79. The third-order valence-electron chi connectivity index (χ3n) is 5.65. The van der Waals surface area contributed by atoms with Crippen molar-refractivity contribution in [2.45, 2.75) is 37.3 Å². The van der Waals surface area contributed by atoms with Gasteiger partial charge in [-0.25, -0.2) is 12.8 Å². The highest BCUT2D eigenvalue weighted by atomic mass is 32.2. The highest BCUT2D eigenvalue weighted by Gasteiger charge is 2.34. The van der Waals surface area contributed by atoms with Crippen molar-refractivity contribution in [2.75, 3.05) is 18.4 Å². The van der Waals surface area contributed by atoms with Crippen LogP contribution < -0.4 is 15.4 Å². The number of hydrogen-bond acceptors (Lipinski definition) is 5. The van der Waals surface area contributed by atoms with Crippen LogP contribution in [-0.2, 0) is 26.2 Å². The number of piperidine rings is 1. The quantitative estimate of drug-likeness (QED) is 0.711. The van der Waals surface area contributed by atoms with Gasteiger partial charge in [-0.05, 0) is 55.7 Å². The number of hydrogen-bond donors (Lipinski definition) is 2. The lowest BCUT2D eigenvalue weighted by Crippen LogP contribution is -2.45. The normalized spacial score (nSPS) is 21.2. The number of nitrogens with zero attached hydrogens (tertiary/aromatic N) is 1. The molecule has 0 radical (unpaired) electrons. The van der Waals surface area contributed by atoms with Gasteiger partial charge in [0.2, 0.25) is 15.9 Å². The summed E-state index contributed by atoms with van der Waals surface area (Å²) in [7, 11) is -3.86. The van der Waals surface area contributed by atoms with E-state index >= 15 is 0 Å². The summed E-state index contributed by atoms with van der Waals surface area (Å²) in [5, 5.41) is 5.46. The van der Waals surface area contributed by atoms with Crippen molar-refractivity contribution in [2.24, 2.45) is 5.92 Å². The van der Waals surface area contributed by atoms with Crippen LogP contribution in [0.3, 0.4) is 0 Å². The van der Waals surface area contributed by atoms with Crippen LogP contribution in [0.2, 0.25) is 0 Å². The Hall–Kier alpha value is -2.98. The molecule has 0 bridgehead atoms. The molecule has 10 heteroatoms. The first-order valence-corrected chi connectivity index (χ1v) is 11.8. The fourth-order valence-corrected chi connectivity index (χ4v) is 5.36. The second kappa shape index (κ2) is 8.87. The third-order valence-corrected chi connectivity index (χ3v) is 7.52. The van der Waals surface area contributed by atoms with Crippen LogP contribution in [0.4, 0.5) is 10.1 Å². The average molecular weight is 462 g/mol. The number of carbonyl (C=O) groups is 2. The summed E-state index contributed by atoms with van der Waals surface area (Å²) in [6, 6.07) is 10.2. The Kier molecular flexibility index (Phi) is 6.16. The minimum absolute atomic E-state index is 0.0297. The molecule has 0 saturated carbocycles. The maximum atomic E-state index is 13.2. The topological polar surface area (TPSA) is 105 Å². The van der Waals surface area contributed by atoms with Crippen LogP contribution in [0, 0.1) is 11.7 Å². The molecule has 2 aliphatic heterocycles. The van der Waals surface area contributed by atoms with Gasteiger partial charge < -0.3 is 15.4 Å². The second-order valence-corrected chi connectivity index (χ2v) is 9.89. The largest absolute Gasteiger partial charge is 0.479 e. The van der Waals surface area contributed by atoms with E-state index in [9.17, 15) is 22.4 Å². The number of fused-ring (bicyclic) bond motifs is 1. The van der Waals surface area contributed by atoms with Crippen LogP contribution in [-0.4, -0.2) is 43.7 Å². The van der Waals surface area contributed by atoms with Crippen LogP contribution in [0.15, 0.2) is 47.4 Å². The van der Waals surface area contributed by atoms with Crippen LogP contribution in [0.5, 0.6) is 5.75 Å². The Morgan fingerprint density at radius 2 is 2.00 bits per heavy atom. The number of nitrogens with one attached hydrogen (secondary N) is 2. The Morgan fingerprint density at radius 1 is 1.25 bits per heavy atom. The summed E-state index contributed by atoms with van der Waals surface area (Å²) in [4.78, 5) is 24.5. The predicted molar refractivity (Wildman–Crippen MR) is 115 cm³/mol. The number of halogens is 1. The molecular weight excluding hydrogens is 437 g/mol. The molecule has 2 N–H and O–H groups in total. The number of amides is 2. The van der Waals surface area contributed by atoms with Crippen molar-refractivity contribution in [3.63, 3.8) is 0 Å². The smallest absolute Gasteiger partial charge is 0.265 e. The first-order valence-electron chi connectivity index (χ1n) is 10.4. The van der Waals surface area contributed by atoms with Gasteiger partial charge in [-0.15, -0.1) is 0 Å². The van der Waals surface area contributed by atoms with Gasteiger partial charge in [0, 0.05) is 19.6 Å².